The van der Waals surface area contributed by atoms with Crippen molar-refractivity contribution in [2.24, 2.45) is 0 Å². The molecule has 1 aromatic rings. The van der Waals surface area contributed by atoms with Crippen LogP contribution < -0.4 is 20.1 Å². The number of aliphatic hydroxyl groups excluding tert-OH is 1. The highest BCUT2D eigenvalue weighted by Crippen LogP contribution is 2.47. The summed E-state index contributed by atoms with van der Waals surface area (Å²) in [6, 6.07) is 4.99. The average Bonchev–Trinajstić information content (AvgIpc) is 3.15. The van der Waals surface area contributed by atoms with E-state index in [1.807, 2.05) is 12.1 Å². The lowest BCUT2D eigenvalue weighted by Gasteiger charge is -2.28. The molecule has 2 amide bonds. The largest absolute Gasteiger partial charge is 0.448 e. The predicted molar refractivity (Wildman–Crippen MR) is 89.3 cm³/mol. The molecule has 0 saturated heterocycles. The highest BCUT2D eigenvalue weighted by molar-refractivity contribution is 5.90. The van der Waals surface area contributed by atoms with E-state index in [0.717, 1.165) is 57.1 Å². The zero-order valence-corrected chi connectivity index (χ0v) is 13.7. The molecule has 2 aliphatic carbocycles. The number of hydrogen-bond acceptors (Lipinski definition) is 4. The fourth-order valence-electron chi connectivity index (χ4n) is 3.90. The lowest BCUT2D eigenvalue weighted by molar-refractivity contribution is -0.0716. The Labute approximate surface area is 141 Å². The molecule has 2 fully saturated rings. The fourth-order valence-corrected chi connectivity index (χ4v) is 3.90. The van der Waals surface area contributed by atoms with Crippen LogP contribution in [-0.2, 0) is 0 Å². The van der Waals surface area contributed by atoms with Crippen LogP contribution in [0.3, 0.4) is 0 Å². The summed E-state index contributed by atoms with van der Waals surface area (Å²) < 4.78 is 12.0. The van der Waals surface area contributed by atoms with Gasteiger partial charge in [-0.25, -0.2) is 4.79 Å². The minimum Gasteiger partial charge on any atom is -0.448 e. The molecule has 0 aromatic heterocycles. The van der Waals surface area contributed by atoms with Gasteiger partial charge in [-0.3, -0.25) is 0 Å². The smallest absolute Gasteiger partial charge is 0.319 e. The highest BCUT2D eigenvalue weighted by atomic mass is 16.7. The van der Waals surface area contributed by atoms with E-state index in [4.69, 9.17) is 9.47 Å². The fraction of sp³-hybridized carbons (Fsp3) is 0.611. The maximum absolute atomic E-state index is 12.2. The van der Waals surface area contributed by atoms with Gasteiger partial charge in [0.05, 0.1) is 12.1 Å². The van der Waals surface area contributed by atoms with Crippen molar-refractivity contribution in [3.05, 3.63) is 18.2 Å². The van der Waals surface area contributed by atoms with E-state index in [9.17, 15) is 9.90 Å². The maximum atomic E-state index is 12.2. The van der Waals surface area contributed by atoms with E-state index < -0.39 is 11.9 Å². The molecule has 6 heteroatoms. The molecule has 1 aromatic carbocycles. The van der Waals surface area contributed by atoms with Crippen molar-refractivity contribution >= 4 is 11.7 Å². The average molecular weight is 332 g/mol. The number of amides is 2. The van der Waals surface area contributed by atoms with Gasteiger partial charge in [0.25, 0.3) is 5.79 Å². The number of nitrogens with one attached hydrogen (secondary N) is 2. The van der Waals surface area contributed by atoms with Crippen LogP contribution in [0.1, 0.15) is 51.4 Å². The third kappa shape index (κ3) is 3.02. The van der Waals surface area contributed by atoms with Crippen LogP contribution in [0, 0.1) is 0 Å². The van der Waals surface area contributed by atoms with Crippen LogP contribution in [-0.4, -0.2) is 29.1 Å². The summed E-state index contributed by atoms with van der Waals surface area (Å²) in [6.45, 7) is 0. The lowest BCUT2D eigenvalue weighted by atomic mass is 9.93. The second kappa shape index (κ2) is 6.16. The number of hydrogen-bond donors (Lipinski definition) is 3. The van der Waals surface area contributed by atoms with Crippen molar-refractivity contribution in [2.45, 2.75) is 69.3 Å². The molecular formula is C18H24N2O4. The summed E-state index contributed by atoms with van der Waals surface area (Å²) in [6.07, 6.45) is 7.21. The van der Waals surface area contributed by atoms with Crippen LogP contribution in [0.4, 0.5) is 10.5 Å². The minimum atomic E-state index is -0.491. The van der Waals surface area contributed by atoms with E-state index in [1.54, 1.807) is 6.07 Å². The third-order valence-corrected chi connectivity index (χ3v) is 5.20. The molecule has 3 N–H and O–H groups in total. The summed E-state index contributed by atoms with van der Waals surface area (Å²) in [4.78, 5) is 12.2. The van der Waals surface area contributed by atoms with Crippen molar-refractivity contribution in [3.8, 4) is 11.5 Å². The molecule has 2 saturated carbocycles. The van der Waals surface area contributed by atoms with Crippen molar-refractivity contribution in [1.29, 1.82) is 0 Å². The monoisotopic (exact) mass is 332 g/mol. The van der Waals surface area contributed by atoms with Crippen LogP contribution in [0.15, 0.2) is 18.2 Å². The molecule has 2 unspecified atom stereocenters. The van der Waals surface area contributed by atoms with Gasteiger partial charge in [0, 0.05) is 24.6 Å². The van der Waals surface area contributed by atoms with Gasteiger partial charge in [0.15, 0.2) is 11.5 Å². The van der Waals surface area contributed by atoms with Gasteiger partial charge >= 0.3 is 6.03 Å². The number of carbonyl (C=O) groups excluding carboxylic acids is 1. The van der Waals surface area contributed by atoms with Crippen LogP contribution >= 0.6 is 0 Å². The first-order valence-corrected chi connectivity index (χ1v) is 8.91. The quantitative estimate of drug-likeness (QED) is 0.777. The first-order valence-electron chi connectivity index (χ1n) is 8.91. The first kappa shape index (κ1) is 15.6. The number of ether oxygens (including phenoxy) is 2. The van der Waals surface area contributed by atoms with E-state index >= 15 is 0 Å². The molecular weight excluding hydrogens is 308 g/mol. The highest BCUT2D eigenvalue weighted by Gasteiger charge is 2.44. The molecule has 130 valence electrons. The molecule has 6 nitrogen and oxygen atoms in total. The van der Waals surface area contributed by atoms with E-state index in [-0.39, 0.29) is 12.1 Å². The maximum Gasteiger partial charge on any atom is 0.319 e. The molecule has 1 aliphatic heterocycles. The number of anilines is 1. The molecule has 0 radical (unpaired) electrons. The van der Waals surface area contributed by atoms with Gasteiger partial charge in [-0.15, -0.1) is 0 Å². The van der Waals surface area contributed by atoms with E-state index in [0.29, 0.717) is 11.4 Å². The number of aliphatic hydroxyl groups is 1. The zero-order valence-electron chi connectivity index (χ0n) is 13.7. The van der Waals surface area contributed by atoms with Gasteiger partial charge in [0.2, 0.25) is 0 Å². The molecule has 1 heterocycles. The summed E-state index contributed by atoms with van der Waals surface area (Å²) in [5.41, 5.74) is 0.662. The Bertz CT molecular complexity index is 627. The topological polar surface area (TPSA) is 79.8 Å². The summed E-state index contributed by atoms with van der Waals surface area (Å²) in [5, 5.41) is 15.6. The third-order valence-electron chi connectivity index (χ3n) is 5.20. The Morgan fingerprint density at radius 3 is 2.62 bits per heavy atom. The predicted octanol–water partition coefficient (Wildman–Crippen LogP) is 3.15. The Balaban J connectivity index is 1.38. The van der Waals surface area contributed by atoms with Gasteiger partial charge in [-0.05, 0) is 37.8 Å². The van der Waals surface area contributed by atoms with Crippen LogP contribution in [0.2, 0.25) is 0 Å². The number of rotatable bonds is 2. The van der Waals surface area contributed by atoms with Crippen molar-refractivity contribution in [3.63, 3.8) is 0 Å². The van der Waals surface area contributed by atoms with Crippen molar-refractivity contribution in [2.75, 3.05) is 5.32 Å². The Morgan fingerprint density at radius 2 is 1.83 bits per heavy atom. The Hall–Kier alpha value is -1.95. The first-order chi connectivity index (χ1) is 11.6. The van der Waals surface area contributed by atoms with E-state index in [2.05, 4.69) is 10.6 Å². The molecule has 0 bridgehead atoms. The molecule has 3 aliphatic rings. The number of benzene rings is 1. The zero-order chi connectivity index (χ0) is 16.6. The normalized spacial score (nSPS) is 27.2. The van der Waals surface area contributed by atoms with Crippen LogP contribution in [0.25, 0.3) is 0 Å². The standard InChI is InChI=1S/C18H24N2O4/c21-14-6-2-1-5-13(14)20-17(22)19-12-7-8-15-16(11-12)24-18(23-15)9-3-4-10-18/h7-8,11,13-14,21H,1-6,9-10H2,(H2,19,20,22). The summed E-state index contributed by atoms with van der Waals surface area (Å²) in [5.74, 6) is 0.938. The summed E-state index contributed by atoms with van der Waals surface area (Å²) >= 11 is 0. The second-order valence-electron chi connectivity index (χ2n) is 7.04. The molecule has 1 spiro atoms. The van der Waals surface area contributed by atoms with Crippen molar-refractivity contribution < 1.29 is 19.4 Å². The molecule has 24 heavy (non-hydrogen) atoms. The summed E-state index contributed by atoms with van der Waals surface area (Å²) in [7, 11) is 0. The second-order valence-corrected chi connectivity index (χ2v) is 7.04. The van der Waals surface area contributed by atoms with Gasteiger partial charge in [-0.2, -0.15) is 0 Å². The Kier molecular flexibility index (Phi) is 4.00. The van der Waals surface area contributed by atoms with Gasteiger partial charge < -0.3 is 25.2 Å². The minimum absolute atomic E-state index is 0.172. The van der Waals surface area contributed by atoms with Gasteiger partial charge in [0.1, 0.15) is 0 Å². The molecule has 2 atom stereocenters. The number of fused-ring (bicyclic) bond motifs is 1. The Morgan fingerprint density at radius 1 is 1.08 bits per heavy atom. The van der Waals surface area contributed by atoms with Gasteiger partial charge in [-0.1, -0.05) is 12.8 Å². The van der Waals surface area contributed by atoms with Crippen LogP contribution in [0.5, 0.6) is 11.5 Å². The number of urea groups is 1. The number of carbonyl (C=O) groups is 1. The van der Waals surface area contributed by atoms with Crippen molar-refractivity contribution in [1.82, 2.24) is 5.32 Å². The SMILES string of the molecule is O=C(Nc1ccc2c(c1)OC1(CCCC1)O2)NC1CCCCC1O. The lowest BCUT2D eigenvalue weighted by Crippen LogP contribution is -2.46. The molecule has 4 rings (SSSR count). The van der Waals surface area contributed by atoms with E-state index in [1.165, 1.54) is 0 Å².